The average Bonchev–Trinajstić information content (AvgIpc) is 2.72. The number of benzene rings is 1. The topological polar surface area (TPSA) is 21.8 Å². The van der Waals surface area contributed by atoms with Gasteiger partial charge in [0.25, 0.3) is 0 Å². The zero-order chi connectivity index (χ0) is 17.8. The summed E-state index contributed by atoms with van der Waals surface area (Å²) in [5.74, 6) is 0. The van der Waals surface area contributed by atoms with Crippen molar-refractivity contribution >= 4 is 5.69 Å². The maximum Gasteiger partial charge on any atom is 0.0507 e. The highest BCUT2D eigenvalue weighted by Gasteiger charge is 2.37. The van der Waals surface area contributed by atoms with Crippen molar-refractivity contribution in [1.82, 2.24) is 15.1 Å². The molecule has 1 spiro atoms. The second-order valence-electron chi connectivity index (χ2n) is 8.76. The molecule has 4 rings (SSSR count). The van der Waals surface area contributed by atoms with Gasteiger partial charge in [0.15, 0.2) is 0 Å². The summed E-state index contributed by atoms with van der Waals surface area (Å²) >= 11 is 0. The molecule has 2 aliphatic heterocycles. The van der Waals surface area contributed by atoms with Crippen LogP contribution in [0.2, 0.25) is 0 Å². The van der Waals surface area contributed by atoms with Crippen LogP contribution >= 0.6 is 0 Å². The summed E-state index contributed by atoms with van der Waals surface area (Å²) in [6.07, 6.45) is 8.51. The first-order valence-electron chi connectivity index (χ1n) is 10.7. The Morgan fingerprint density at radius 3 is 2.08 bits per heavy atom. The van der Waals surface area contributed by atoms with Gasteiger partial charge in [-0.3, -0.25) is 9.80 Å². The summed E-state index contributed by atoms with van der Waals surface area (Å²) in [7, 11) is 2.13. The van der Waals surface area contributed by atoms with E-state index in [2.05, 4.69) is 57.4 Å². The second-order valence-corrected chi connectivity index (χ2v) is 8.76. The molecular weight excluding hydrogens is 320 g/mol. The lowest BCUT2D eigenvalue weighted by atomic mass is 9.67. The minimum Gasteiger partial charge on any atom is -0.369 e. The van der Waals surface area contributed by atoms with Gasteiger partial charge in [-0.25, -0.2) is 0 Å². The molecule has 0 amide bonds. The second kappa shape index (κ2) is 8.28. The molecule has 3 aliphatic rings. The smallest absolute Gasteiger partial charge is 0.0507 e. The van der Waals surface area contributed by atoms with E-state index >= 15 is 0 Å². The Morgan fingerprint density at radius 1 is 0.846 bits per heavy atom. The van der Waals surface area contributed by atoms with E-state index < -0.39 is 0 Å². The number of hydrogen-bond acceptors (Lipinski definition) is 4. The van der Waals surface area contributed by atoms with Gasteiger partial charge >= 0.3 is 0 Å². The molecule has 1 aliphatic carbocycles. The number of piperidine rings is 1. The molecule has 0 radical (unpaired) electrons. The van der Waals surface area contributed by atoms with Crippen LogP contribution in [-0.4, -0.2) is 68.8 Å². The van der Waals surface area contributed by atoms with E-state index in [4.69, 9.17) is 0 Å². The van der Waals surface area contributed by atoms with Gasteiger partial charge in [0.1, 0.15) is 0 Å². The van der Waals surface area contributed by atoms with Gasteiger partial charge < -0.3 is 10.2 Å². The Kier molecular flexibility index (Phi) is 5.82. The van der Waals surface area contributed by atoms with Crippen LogP contribution in [0.3, 0.4) is 0 Å². The van der Waals surface area contributed by atoms with Crippen LogP contribution in [0.15, 0.2) is 30.3 Å². The molecule has 1 aromatic carbocycles. The fourth-order valence-corrected chi connectivity index (χ4v) is 5.26. The molecule has 4 nitrogen and oxygen atoms in total. The lowest BCUT2D eigenvalue weighted by Gasteiger charge is -2.47. The van der Waals surface area contributed by atoms with E-state index in [1.54, 1.807) is 0 Å². The molecule has 26 heavy (non-hydrogen) atoms. The molecular formula is C22H36N4. The zero-order valence-corrected chi connectivity index (χ0v) is 16.5. The van der Waals surface area contributed by atoms with E-state index in [0.29, 0.717) is 5.41 Å². The number of piperazine rings is 1. The van der Waals surface area contributed by atoms with Gasteiger partial charge in [0.05, 0.1) is 6.67 Å². The molecule has 0 atom stereocenters. The Hall–Kier alpha value is -1.10. The molecule has 0 aromatic heterocycles. The maximum absolute atomic E-state index is 3.48. The van der Waals surface area contributed by atoms with E-state index in [-0.39, 0.29) is 0 Å². The third-order valence-corrected chi connectivity index (χ3v) is 7.26. The number of para-hydroxylation sites is 1. The molecule has 4 heteroatoms. The molecule has 1 aromatic rings. The normalized spacial score (nSPS) is 25.7. The van der Waals surface area contributed by atoms with Crippen LogP contribution in [0.4, 0.5) is 5.69 Å². The fourth-order valence-electron chi connectivity index (χ4n) is 5.26. The highest BCUT2D eigenvalue weighted by Crippen LogP contribution is 2.44. The van der Waals surface area contributed by atoms with Gasteiger partial charge in [-0.2, -0.15) is 0 Å². The largest absolute Gasteiger partial charge is 0.369 e. The number of rotatable bonds is 4. The lowest BCUT2D eigenvalue weighted by Crippen LogP contribution is -2.52. The Balaban J connectivity index is 1.20. The Labute approximate surface area is 159 Å². The fraction of sp³-hybridized carbons (Fsp3) is 0.727. The molecule has 2 saturated heterocycles. The quantitative estimate of drug-likeness (QED) is 0.895. The predicted molar refractivity (Wildman–Crippen MR) is 110 cm³/mol. The molecule has 2 heterocycles. The highest BCUT2D eigenvalue weighted by atomic mass is 15.3. The van der Waals surface area contributed by atoms with Crippen molar-refractivity contribution in [2.75, 3.05) is 57.9 Å². The summed E-state index contributed by atoms with van der Waals surface area (Å²) in [5, 5.41) is 3.48. The van der Waals surface area contributed by atoms with Crippen LogP contribution in [-0.2, 0) is 0 Å². The third kappa shape index (κ3) is 4.24. The molecule has 3 fully saturated rings. The van der Waals surface area contributed by atoms with Crippen molar-refractivity contribution in [1.29, 1.82) is 0 Å². The first kappa shape index (κ1) is 18.3. The van der Waals surface area contributed by atoms with Crippen LogP contribution in [0.1, 0.15) is 38.5 Å². The molecule has 1 saturated carbocycles. The SMILES string of the molecule is CNC1CCC2(CC1)CCN(CN1CCN(c3ccccc3)CC1)CC2. The van der Waals surface area contributed by atoms with Crippen molar-refractivity contribution in [2.24, 2.45) is 5.41 Å². The molecule has 144 valence electrons. The van der Waals surface area contributed by atoms with Crippen LogP contribution in [0.5, 0.6) is 0 Å². The zero-order valence-electron chi connectivity index (χ0n) is 16.5. The van der Waals surface area contributed by atoms with Crippen LogP contribution in [0, 0.1) is 5.41 Å². The molecule has 0 bridgehead atoms. The van der Waals surface area contributed by atoms with Crippen LogP contribution < -0.4 is 10.2 Å². The average molecular weight is 357 g/mol. The van der Waals surface area contributed by atoms with Crippen molar-refractivity contribution in [3.8, 4) is 0 Å². The highest BCUT2D eigenvalue weighted by molar-refractivity contribution is 5.46. The Bertz CT molecular complexity index is 535. The van der Waals surface area contributed by atoms with E-state index in [9.17, 15) is 0 Å². The van der Waals surface area contributed by atoms with Gasteiger partial charge in [0, 0.05) is 37.9 Å². The van der Waals surface area contributed by atoms with Crippen molar-refractivity contribution in [2.45, 2.75) is 44.6 Å². The van der Waals surface area contributed by atoms with Crippen molar-refractivity contribution in [3.63, 3.8) is 0 Å². The first-order chi connectivity index (χ1) is 12.8. The minimum atomic E-state index is 0.676. The summed E-state index contributed by atoms with van der Waals surface area (Å²) in [6.45, 7) is 8.51. The number of hydrogen-bond donors (Lipinski definition) is 1. The van der Waals surface area contributed by atoms with Crippen molar-refractivity contribution < 1.29 is 0 Å². The third-order valence-electron chi connectivity index (χ3n) is 7.26. The molecule has 0 unspecified atom stereocenters. The van der Waals surface area contributed by atoms with Gasteiger partial charge in [-0.15, -0.1) is 0 Å². The van der Waals surface area contributed by atoms with E-state index in [0.717, 1.165) is 19.1 Å². The van der Waals surface area contributed by atoms with Gasteiger partial charge in [-0.05, 0) is 76.2 Å². The number of nitrogens with one attached hydrogen (secondary N) is 1. The van der Waals surface area contributed by atoms with Gasteiger partial charge in [0.2, 0.25) is 0 Å². The monoisotopic (exact) mass is 356 g/mol. The summed E-state index contributed by atoms with van der Waals surface area (Å²) < 4.78 is 0. The van der Waals surface area contributed by atoms with E-state index in [1.165, 1.54) is 77.1 Å². The minimum absolute atomic E-state index is 0.676. The predicted octanol–water partition coefficient (Wildman–Crippen LogP) is 3.01. The summed E-state index contributed by atoms with van der Waals surface area (Å²) in [5.41, 5.74) is 2.06. The number of likely N-dealkylation sites (tertiary alicyclic amines) is 1. The first-order valence-corrected chi connectivity index (χ1v) is 10.7. The number of anilines is 1. The standard InChI is InChI=1S/C22H36N4/c1-23-20-7-9-22(10-8-20)11-13-24(14-12-22)19-25-15-17-26(18-16-25)21-5-3-2-4-6-21/h2-6,20,23H,7-19H2,1H3. The van der Waals surface area contributed by atoms with Crippen LogP contribution in [0.25, 0.3) is 0 Å². The molecule has 1 N–H and O–H groups in total. The number of nitrogens with zero attached hydrogens (tertiary/aromatic N) is 3. The van der Waals surface area contributed by atoms with E-state index in [1.807, 2.05) is 0 Å². The van der Waals surface area contributed by atoms with Crippen molar-refractivity contribution in [3.05, 3.63) is 30.3 Å². The Morgan fingerprint density at radius 2 is 1.46 bits per heavy atom. The maximum atomic E-state index is 3.48. The van der Waals surface area contributed by atoms with Gasteiger partial charge in [-0.1, -0.05) is 18.2 Å². The lowest BCUT2D eigenvalue weighted by molar-refractivity contribution is 0.0286. The summed E-state index contributed by atoms with van der Waals surface area (Å²) in [6, 6.07) is 11.7. The summed E-state index contributed by atoms with van der Waals surface area (Å²) in [4.78, 5) is 7.91.